The predicted octanol–water partition coefficient (Wildman–Crippen LogP) is 5.95. The molecule has 0 saturated heterocycles. The Hall–Kier alpha value is -2.45. The summed E-state index contributed by atoms with van der Waals surface area (Å²) in [5.74, 6) is 0.327. The van der Waals surface area contributed by atoms with Gasteiger partial charge in [-0.15, -0.1) is 0 Å². The van der Waals surface area contributed by atoms with Crippen molar-refractivity contribution in [1.82, 2.24) is 0 Å². The van der Waals surface area contributed by atoms with Crippen LogP contribution in [0.5, 0.6) is 0 Å². The van der Waals surface area contributed by atoms with E-state index in [4.69, 9.17) is 0 Å². The van der Waals surface area contributed by atoms with Crippen molar-refractivity contribution in [2.24, 2.45) is 0 Å². The van der Waals surface area contributed by atoms with Crippen LogP contribution in [0.1, 0.15) is 17.0 Å². The molecule has 2 heterocycles. The summed E-state index contributed by atoms with van der Waals surface area (Å²) < 4.78 is 0. The van der Waals surface area contributed by atoms with Gasteiger partial charge < -0.3 is 4.90 Å². The van der Waals surface area contributed by atoms with E-state index in [1.165, 1.54) is 32.3 Å². The van der Waals surface area contributed by atoms with E-state index in [1.807, 2.05) is 11.8 Å². The number of para-hydroxylation sites is 2. The average molecular weight is 313 g/mol. The van der Waals surface area contributed by atoms with Gasteiger partial charge in [-0.1, -0.05) is 72.4 Å². The summed E-state index contributed by atoms with van der Waals surface area (Å²) in [7, 11) is 0. The Balaban J connectivity index is 1.72. The molecule has 0 N–H and O–H groups in total. The summed E-state index contributed by atoms with van der Waals surface area (Å²) >= 11 is 1.87. The van der Waals surface area contributed by atoms with E-state index in [2.05, 4.69) is 90.0 Å². The van der Waals surface area contributed by atoms with E-state index in [0.717, 1.165) is 0 Å². The number of hydrogen-bond donors (Lipinski definition) is 0. The lowest BCUT2D eigenvalue weighted by Gasteiger charge is -2.36. The number of fused-ring (bicyclic) bond motifs is 2. The second-order valence-electron chi connectivity index (χ2n) is 5.86. The molecule has 0 aromatic heterocycles. The zero-order valence-corrected chi connectivity index (χ0v) is 13.3. The minimum Gasteiger partial charge on any atom is -0.315 e. The molecule has 2 aliphatic heterocycles. The second-order valence-corrected chi connectivity index (χ2v) is 6.95. The van der Waals surface area contributed by atoms with Crippen LogP contribution in [0.4, 0.5) is 11.4 Å². The molecule has 3 aromatic rings. The van der Waals surface area contributed by atoms with Gasteiger partial charge in [0.05, 0.1) is 11.4 Å². The molecular formula is C21H15NS. The fourth-order valence-electron chi connectivity index (χ4n) is 3.49. The molecule has 0 spiro atoms. The Morgan fingerprint density at radius 3 is 2.43 bits per heavy atom. The van der Waals surface area contributed by atoms with Crippen molar-refractivity contribution in [2.75, 3.05) is 4.90 Å². The quantitative estimate of drug-likeness (QED) is 0.546. The lowest BCUT2D eigenvalue weighted by atomic mass is 9.87. The number of hydrogen-bond acceptors (Lipinski definition) is 2. The molecule has 0 aliphatic carbocycles. The topological polar surface area (TPSA) is 3.24 Å². The number of allylic oxidation sites excluding steroid dienone is 1. The first-order chi connectivity index (χ1) is 11.4. The van der Waals surface area contributed by atoms with Gasteiger partial charge in [0.2, 0.25) is 0 Å². The van der Waals surface area contributed by atoms with Crippen LogP contribution < -0.4 is 4.90 Å². The first-order valence-corrected chi connectivity index (χ1v) is 8.66. The highest BCUT2D eigenvalue weighted by Gasteiger charge is 2.29. The van der Waals surface area contributed by atoms with Crippen LogP contribution in [0.15, 0.2) is 94.9 Å². The molecule has 1 atom stereocenters. The third-order valence-electron chi connectivity index (χ3n) is 4.54. The maximum Gasteiger partial charge on any atom is 0.0636 e. The van der Waals surface area contributed by atoms with E-state index in [9.17, 15) is 0 Å². The van der Waals surface area contributed by atoms with Crippen molar-refractivity contribution in [3.05, 3.63) is 96.2 Å². The lowest BCUT2D eigenvalue weighted by Crippen LogP contribution is -2.20. The van der Waals surface area contributed by atoms with Crippen molar-refractivity contribution < 1.29 is 0 Å². The number of benzene rings is 3. The van der Waals surface area contributed by atoms with E-state index in [0.29, 0.717) is 5.92 Å². The highest BCUT2D eigenvalue weighted by atomic mass is 32.2. The average Bonchev–Trinajstić information content (AvgIpc) is 2.63. The van der Waals surface area contributed by atoms with Crippen LogP contribution >= 0.6 is 11.8 Å². The zero-order chi connectivity index (χ0) is 15.2. The Kier molecular flexibility index (Phi) is 2.85. The molecule has 0 saturated carbocycles. The molecule has 0 amide bonds. The van der Waals surface area contributed by atoms with Gasteiger partial charge in [0, 0.05) is 21.9 Å². The van der Waals surface area contributed by atoms with Gasteiger partial charge in [0.25, 0.3) is 0 Å². The van der Waals surface area contributed by atoms with Crippen molar-refractivity contribution in [2.45, 2.75) is 15.7 Å². The monoisotopic (exact) mass is 313 g/mol. The Bertz CT molecular complexity index is 914. The minimum atomic E-state index is 0.327. The van der Waals surface area contributed by atoms with E-state index < -0.39 is 0 Å². The third-order valence-corrected chi connectivity index (χ3v) is 5.65. The van der Waals surface area contributed by atoms with E-state index in [-0.39, 0.29) is 0 Å². The van der Waals surface area contributed by atoms with Gasteiger partial charge in [-0.25, -0.2) is 0 Å². The Morgan fingerprint density at radius 1 is 0.739 bits per heavy atom. The summed E-state index contributed by atoms with van der Waals surface area (Å²) in [6, 6.07) is 26.1. The molecule has 110 valence electrons. The van der Waals surface area contributed by atoms with Crippen LogP contribution in [0.2, 0.25) is 0 Å². The maximum absolute atomic E-state index is 2.34. The second kappa shape index (κ2) is 5.04. The van der Waals surface area contributed by atoms with Crippen LogP contribution in [-0.2, 0) is 0 Å². The zero-order valence-electron chi connectivity index (χ0n) is 12.5. The summed E-state index contributed by atoms with van der Waals surface area (Å²) in [6.07, 6.45) is 4.55. The van der Waals surface area contributed by atoms with Crippen LogP contribution in [0.3, 0.4) is 0 Å². The molecule has 1 nitrogen and oxygen atoms in total. The van der Waals surface area contributed by atoms with Gasteiger partial charge >= 0.3 is 0 Å². The van der Waals surface area contributed by atoms with Crippen molar-refractivity contribution >= 4 is 23.1 Å². The number of anilines is 2. The molecular weight excluding hydrogens is 298 g/mol. The highest BCUT2D eigenvalue weighted by Crippen LogP contribution is 2.53. The van der Waals surface area contributed by atoms with E-state index >= 15 is 0 Å². The van der Waals surface area contributed by atoms with Gasteiger partial charge in [-0.2, -0.15) is 0 Å². The first kappa shape index (κ1) is 13.0. The van der Waals surface area contributed by atoms with E-state index in [1.54, 1.807) is 0 Å². The van der Waals surface area contributed by atoms with Crippen LogP contribution in [0.25, 0.3) is 0 Å². The first-order valence-electron chi connectivity index (χ1n) is 7.84. The molecule has 5 rings (SSSR count). The van der Waals surface area contributed by atoms with Gasteiger partial charge in [0.15, 0.2) is 0 Å². The predicted molar refractivity (Wildman–Crippen MR) is 96.6 cm³/mol. The van der Waals surface area contributed by atoms with Gasteiger partial charge in [-0.3, -0.25) is 0 Å². The van der Waals surface area contributed by atoms with Crippen molar-refractivity contribution in [3.8, 4) is 0 Å². The fraction of sp³-hybridized carbons (Fsp3) is 0.0476. The SMILES string of the molecule is C1=CN2c3ccccc3Sc3cccc(c32)[C@@H]1c1ccccc1. The molecule has 3 aromatic carbocycles. The maximum atomic E-state index is 2.34. The normalized spacial score (nSPS) is 17.6. The summed E-state index contributed by atoms with van der Waals surface area (Å²) in [5, 5.41) is 0. The fourth-order valence-corrected chi connectivity index (χ4v) is 4.61. The Morgan fingerprint density at radius 2 is 1.52 bits per heavy atom. The number of rotatable bonds is 1. The van der Waals surface area contributed by atoms with Crippen molar-refractivity contribution in [3.63, 3.8) is 0 Å². The van der Waals surface area contributed by atoms with Gasteiger partial charge in [0.1, 0.15) is 0 Å². The van der Waals surface area contributed by atoms with Crippen LogP contribution in [-0.4, -0.2) is 0 Å². The molecule has 0 unspecified atom stereocenters. The molecule has 2 aliphatic rings. The molecule has 0 bridgehead atoms. The molecule has 0 radical (unpaired) electrons. The standard InChI is InChI=1S/C21H15NS/c1-2-7-15(8-3-1)16-13-14-22-18-10-4-5-11-19(18)23-20-12-6-9-17(16)21(20)22/h1-14,16H/t16-/m0/s1. The summed E-state index contributed by atoms with van der Waals surface area (Å²) in [4.78, 5) is 5.00. The molecule has 2 heteroatoms. The smallest absolute Gasteiger partial charge is 0.0636 e. The minimum absolute atomic E-state index is 0.327. The summed E-state index contributed by atoms with van der Waals surface area (Å²) in [6.45, 7) is 0. The van der Waals surface area contributed by atoms with Gasteiger partial charge in [-0.05, 0) is 29.3 Å². The number of nitrogens with zero attached hydrogens (tertiary/aromatic N) is 1. The lowest BCUT2D eigenvalue weighted by molar-refractivity contribution is 0.957. The van der Waals surface area contributed by atoms with Crippen LogP contribution in [0, 0.1) is 0 Å². The molecule has 0 fully saturated rings. The Labute approximate surface area is 140 Å². The largest absolute Gasteiger partial charge is 0.315 e. The third kappa shape index (κ3) is 1.95. The highest BCUT2D eigenvalue weighted by molar-refractivity contribution is 7.99. The summed E-state index contributed by atoms with van der Waals surface area (Å²) in [5.41, 5.74) is 5.35. The van der Waals surface area contributed by atoms with Crippen molar-refractivity contribution in [1.29, 1.82) is 0 Å². The molecule has 23 heavy (non-hydrogen) atoms.